The first-order chi connectivity index (χ1) is 15.8. The topological polar surface area (TPSA) is 88.2 Å². The van der Waals surface area contributed by atoms with Gasteiger partial charge in [-0.05, 0) is 70.2 Å². The van der Waals surface area contributed by atoms with Crippen molar-refractivity contribution < 1.29 is 22.7 Å². The van der Waals surface area contributed by atoms with Crippen LogP contribution < -0.4 is 15.0 Å². The maximum absolute atomic E-state index is 13.2. The number of hydrogen-bond acceptors (Lipinski definition) is 6. The van der Waals surface area contributed by atoms with Crippen molar-refractivity contribution in [2.24, 2.45) is 0 Å². The Balaban J connectivity index is 1.83. The van der Waals surface area contributed by atoms with Crippen molar-refractivity contribution in [2.75, 3.05) is 49.7 Å². The van der Waals surface area contributed by atoms with Crippen molar-refractivity contribution in [2.45, 2.75) is 38.6 Å². The van der Waals surface area contributed by atoms with E-state index < -0.39 is 10.0 Å². The summed E-state index contributed by atoms with van der Waals surface area (Å²) in [7, 11) is -3.79. The van der Waals surface area contributed by atoms with Crippen LogP contribution in [0.2, 0.25) is 0 Å². The minimum Gasteiger partial charge on any atom is -0.492 e. The van der Waals surface area contributed by atoms with Crippen molar-refractivity contribution in [3.63, 3.8) is 0 Å². The SMILES string of the molecule is CCOc1ccc(NC(=O)c2ccc(N(CC)C(C)C)cc2)cc1S(=O)(=O)N1CCOCC1. The Hall–Kier alpha value is -2.62. The number of ether oxygens (including phenoxy) is 2. The molecule has 1 N–H and O–H groups in total. The summed E-state index contributed by atoms with van der Waals surface area (Å²) in [6.07, 6.45) is 0. The van der Waals surface area contributed by atoms with Crippen LogP contribution in [-0.2, 0) is 14.8 Å². The molecule has 0 atom stereocenters. The minimum atomic E-state index is -3.79. The Labute approximate surface area is 196 Å². The van der Waals surface area contributed by atoms with Gasteiger partial charge in [-0.3, -0.25) is 4.79 Å². The zero-order valence-electron chi connectivity index (χ0n) is 19.7. The normalized spacial score (nSPS) is 14.8. The van der Waals surface area contributed by atoms with Gasteiger partial charge in [0.05, 0.1) is 19.8 Å². The third-order valence-corrected chi connectivity index (χ3v) is 7.43. The minimum absolute atomic E-state index is 0.0370. The molecule has 0 saturated carbocycles. The molecule has 1 fully saturated rings. The van der Waals surface area contributed by atoms with Gasteiger partial charge in [-0.25, -0.2) is 8.42 Å². The van der Waals surface area contributed by atoms with E-state index >= 15 is 0 Å². The zero-order chi connectivity index (χ0) is 24.0. The van der Waals surface area contributed by atoms with Gasteiger partial charge in [0.15, 0.2) is 0 Å². The molecule has 1 amide bonds. The van der Waals surface area contributed by atoms with Crippen LogP contribution in [0.25, 0.3) is 0 Å². The molecule has 1 aliphatic rings. The second kappa shape index (κ2) is 11.0. The summed E-state index contributed by atoms with van der Waals surface area (Å²) in [5.41, 5.74) is 1.92. The van der Waals surface area contributed by atoms with Gasteiger partial charge in [-0.2, -0.15) is 4.31 Å². The molecule has 0 bridgehead atoms. The van der Waals surface area contributed by atoms with Gasteiger partial charge in [0, 0.05) is 42.6 Å². The number of rotatable bonds is 9. The van der Waals surface area contributed by atoms with E-state index in [1.54, 1.807) is 31.2 Å². The molecule has 1 saturated heterocycles. The molecule has 1 heterocycles. The molecule has 8 nitrogen and oxygen atoms in total. The number of carbonyl (C=O) groups excluding carboxylic acids is 1. The summed E-state index contributed by atoms with van der Waals surface area (Å²) in [6, 6.07) is 12.4. The number of nitrogens with one attached hydrogen (secondary N) is 1. The summed E-state index contributed by atoms with van der Waals surface area (Å²) in [4.78, 5) is 15.1. The second-order valence-corrected chi connectivity index (χ2v) is 9.90. The van der Waals surface area contributed by atoms with Gasteiger partial charge in [0.25, 0.3) is 5.91 Å². The molecule has 1 aliphatic heterocycles. The van der Waals surface area contributed by atoms with E-state index in [1.807, 2.05) is 12.1 Å². The number of amides is 1. The van der Waals surface area contributed by atoms with E-state index in [1.165, 1.54) is 10.4 Å². The maximum Gasteiger partial charge on any atom is 0.255 e. The predicted octanol–water partition coefficient (Wildman–Crippen LogP) is 3.59. The van der Waals surface area contributed by atoms with Gasteiger partial charge in [0.1, 0.15) is 10.6 Å². The van der Waals surface area contributed by atoms with E-state index in [0.717, 1.165) is 12.2 Å². The molecule has 2 aromatic carbocycles. The molecular formula is C24H33N3O5S. The quantitative estimate of drug-likeness (QED) is 0.596. The average molecular weight is 476 g/mol. The van der Waals surface area contributed by atoms with Crippen LogP contribution in [0.1, 0.15) is 38.1 Å². The summed E-state index contributed by atoms with van der Waals surface area (Å²) in [6.45, 7) is 10.6. The molecule has 180 valence electrons. The Morgan fingerprint density at radius 1 is 1.12 bits per heavy atom. The fourth-order valence-corrected chi connectivity index (χ4v) is 5.41. The first-order valence-corrected chi connectivity index (χ1v) is 12.7. The van der Waals surface area contributed by atoms with Crippen LogP contribution in [0.4, 0.5) is 11.4 Å². The van der Waals surface area contributed by atoms with E-state index in [9.17, 15) is 13.2 Å². The monoisotopic (exact) mass is 475 g/mol. The second-order valence-electron chi connectivity index (χ2n) is 7.99. The molecule has 9 heteroatoms. The van der Waals surface area contributed by atoms with Gasteiger partial charge < -0.3 is 19.7 Å². The van der Waals surface area contributed by atoms with E-state index in [2.05, 4.69) is 31.0 Å². The third kappa shape index (κ3) is 5.85. The van der Waals surface area contributed by atoms with Crippen molar-refractivity contribution in [3.8, 4) is 5.75 Å². The van der Waals surface area contributed by atoms with Crippen LogP contribution in [0.5, 0.6) is 5.75 Å². The Bertz CT molecular complexity index is 1050. The fourth-order valence-electron chi connectivity index (χ4n) is 3.84. The van der Waals surface area contributed by atoms with E-state index in [0.29, 0.717) is 37.1 Å². The summed E-state index contributed by atoms with van der Waals surface area (Å²) < 4.78 is 38.7. The van der Waals surface area contributed by atoms with Crippen LogP contribution in [0.3, 0.4) is 0 Å². The largest absolute Gasteiger partial charge is 0.492 e. The number of carbonyl (C=O) groups is 1. The average Bonchev–Trinajstić information content (AvgIpc) is 2.81. The Morgan fingerprint density at radius 3 is 2.36 bits per heavy atom. The van der Waals surface area contributed by atoms with Gasteiger partial charge in [-0.1, -0.05) is 0 Å². The van der Waals surface area contributed by atoms with Gasteiger partial charge in [0.2, 0.25) is 10.0 Å². The van der Waals surface area contributed by atoms with Crippen LogP contribution >= 0.6 is 0 Å². The summed E-state index contributed by atoms with van der Waals surface area (Å²) in [5.74, 6) is -0.0484. The van der Waals surface area contributed by atoms with E-state index in [-0.39, 0.29) is 29.6 Å². The van der Waals surface area contributed by atoms with Crippen molar-refractivity contribution in [1.82, 2.24) is 4.31 Å². The maximum atomic E-state index is 13.2. The molecule has 0 aromatic heterocycles. The summed E-state index contributed by atoms with van der Waals surface area (Å²) >= 11 is 0. The molecule has 0 aliphatic carbocycles. The number of sulfonamides is 1. The number of nitrogens with zero attached hydrogens (tertiary/aromatic N) is 2. The molecule has 3 rings (SSSR count). The zero-order valence-corrected chi connectivity index (χ0v) is 20.5. The highest BCUT2D eigenvalue weighted by Crippen LogP contribution is 2.31. The fraction of sp³-hybridized carbons (Fsp3) is 0.458. The first kappa shape index (κ1) is 25.0. The number of morpholine rings is 1. The highest BCUT2D eigenvalue weighted by molar-refractivity contribution is 7.89. The molecule has 33 heavy (non-hydrogen) atoms. The molecular weight excluding hydrogens is 442 g/mol. The van der Waals surface area contributed by atoms with Crippen molar-refractivity contribution in [1.29, 1.82) is 0 Å². The Morgan fingerprint density at radius 2 is 1.79 bits per heavy atom. The highest BCUT2D eigenvalue weighted by Gasteiger charge is 2.30. The molecule has 2 aromatic rings. The number of anilines is 2. The smallest absolute Gasteiger partial charge is 0.255 e. The van der Waals surface area contributed by atoms with E-state index in [4.69, 9.17) is 9.47 Å². The van der Waals surface area contributed by atoms with Crippen LogP contribution in [-0.4, -0.2) is 64.1 Å². The van der Waals surface area contributed by atoms with Gasteiger partial charge in [-0.15, -0.1) is 0 Å². The van der Waals surface area contributed by atoms with Crippen LogP contribution in [0, 0.1) is 0 Å². The van der Waals surface area contributed by atoms with Crippen molar-refractivity contribution >= 4 is 27.3 Å². The molecule has 0 radical (unpaired) electrons. The molecule has 0 unspecified atom stereocenters. The summed E-state index contributed by atoms with van der Waals surface area (Å²) in [5, 5.41) is 2.81. The Kier molecular flexibility index (Phi) is 8.34. The van der Waals surface area contributed by atoms with Crippen molar-refractivity contribution in [3.05, 3.63) is 48.0 Å². The number of hydrogen-bond donors (Lipinski definition) is 1. The van der Waals surface area contributed by atoms with Gasteiger partial charge >= 0.3 is 0 Å². The lowest BCUT2D eigenvalue weighted by Gasteiger charge is -2.27. The lowest BCUT2D eigenvalue weighted by molar-refractivity contribution is 0.0729. The third-order valence-electron chi connectivity index (χ3n) is 5.51. The predicted molar refractivity (Wildman–Crippen MR) is 130 cm³/mol. The highest BCUT2D eigenvalue weighted by atomic mass is 32.2. The lowest BCUT2D eigenvalue weighted by Crippen LogP contribution is -2.40. The first-order valence-electron chi connectivity index (χ1n) is 11.3. The molecule has 0 spiro atoms. The lowest BCUT2D eigenvalue weighted by atomic mass is 10.1. The van der Waals surface area contributed by atoms with Crippen LogP contribution in [0.15, 0.2) is 47.4 Å². The standard InChI is InChI=1S/C24H33N3O5S/c1-5-27(18(3)4)21-10-7-19(8-11-21)24(28)25-20-9-12-22(32-6-2)23(17-20)33(29,30)26-13-15-31-16-14-26/h7-12,17-18H,5-6,13-16H2,1-4H3,(H,25,28). The number of benzene rings is 2.